The maximum absolute atomic E-state index is 5.78. The molecule has 0 radical (unpaired) electrons. The summed E-state index contributed by atoms with van der Waals surface area (Å²) in [6, 6.07) is 4.61. The normalized spacial score (nSPS) is 26.0. The van der Waals surface area contributed by atoms with Gasteiger partial charge in [0.25, 0.3) is 0 Å². The second-order valence-electron chi connectivity index (χ2n) is 5.15. The lowest BCUT2D eigenvalue weighted by Crippen LogP contribution is -2.49. The van der Waals surface area contributed by atoms with Crippen molar-refractivity contribution >= 4 is 5.69 Å². The fourth-order valence-electron chi connectivity index (χ4n) is 3.01. The smallest absolute Gasteiger partial charge is 0.0564 e. The minimum atomic E-state index is 0.782. The minimum Gasteiger partial charge on any atom is -0.399 e. The average Bonchev–Trinajstić information content (AvgIpc) is 2.76. The zero-order valence-electron chi connectivity index (χ0n) is 10.2. The van der Waals surface area contributed by atoms with Gasteiger partial charge in [0.2, 0.25) is 0 Å². The molecule has 2 saturated heterocycles. The van der Waals surface area contributed by atoms with Crippen molar-refractivity contribution in [2.24, 2.45) is 0 Å². The van der Waals surface area contributed by atoms with Crippen LogP contribution in [-0.4, -0.2) is 47.0 Å². The van der Waals surface area contributed by atoms with E-state index in [9.17, 15) is 0 Å². The highest BCUT2D eigenvalue weighted by molar-refractivity contribution is 5.37. The Morgan fingerprint density at radius 3 is 3.18 bits per heavy atom. The van der Waals surface area contributed by atoms with Gasteiger partial charge in [0, 0.05) is 44.1 Å². The number of nitrogens with zero attached hydrogens (tertiary/aromatic N) is 3. The van der Waals surface area contributed by atoms with E-state index in [4.69, 9.17) is 5.73 Å². The van der Waals surface area contributed by atoms with Crippen LogP contribution in [0.5, 0.6) is 0 Å². The number of anilines is 1. The maximum Gasteiger partial charge on any atom is 0.0564 e. The summed E-state index contributed by atoms with van der Waals surface area (Å²) in [5.41, 5.74) is 7.69. The van der Waals surface area contributed by atoms with Crippen LogP contribution in [0.3, 0.4) is 0 Å². The molecule has 2 N–H and O–H groups in total. The SMILES string of the molecule is Nc1ccnc(CN2CCN3CCCC3C2)c1. The summed E-state index contributed by atoms with van der Waals surface area (Å²) in [4.78, 5) is 9.52. The van der Waals surface area contributed by atoms with Crippen molar-refractivity contribution in [3.05, 3.63) is 24.0 Å². The first-order valence-electron chi connectivity index (χ1n) is 6.48. The second kappa shape index (κ2) is 4.63. The third kappa shape index (κ3) is 2.42. The first kappa shape index (κ1) is 11.0. The van der Waals surface area contributed by atoms with Crippen LogP contribution in [0.25, 0.3) is 0 Å². The van der Waals surface area contributed by atoms with E-state index < -0.39 is 0 Å². The molecule has 2 aliphatic heterocycles. The molecule has 17 heavy (non-hydrogen) atoms. The predicted octanol–water partition coefficient (Wildman–Crippen LogP) is 0.944. The van der Waals surface area contributed by atoms with Crippen LogP contribution >= 0.6 is 0 Å². The molecule has 1 aromatic rings. The lowest BCUT2D eigenvalue weighted by atomic mass is 10.1. The largest absolute Gasteiger partial charge is 0.399 e. The maximum atomic E-state index is 5.78. The van der Waals surface area contributed by atoms with Gasteiger partial charge in [0.1, 0.15) is 0 Å². The Hall–Kier alpha value is -1.13. The fraction of sp³-hybridized carbons (Fsp3) is 0.615. The molecule has 3 rings (SSSR count). The molecule has 3 heterocycles. The Labute approximate surface area is 102 Å². The van der Waals surface area contributed by atoms with Crippen LogP contribution in [0.4, 0.5) is 5.69 Å². The molecule has 92 valence electrons. The first-order chi connectivity index (χ1) is 8.31. The van der Waals surface area contributed by atoms with Gasteiger partial charge in [-0.2, -0.15) is 0 Å². The Bertz CT molecular complexity index is 393. The minimum absolute atomic E-state index is 0.782. The van der Waals surface area contributed by atoms with Crippen molar-refractivity contribution in [2.45, 2.75) is 25.4 Å². The number of aromatic nitrogens is 1. The summed E-state index contributed by atoms with van der Waals surface area (Å²) in [7, 11) is 0. The summed E-state index contributed by atoms with van der Waals surface area (Å²) in [6.07, 6.45) is 4.53. The van der Waals surface area contributed by atoms with Crippen LogP contribution in [-0.2, 0) is 6.54 Å². The predicted molar refractivity (Wildman–Crippen MR) is 68.5 cm³/mol. The van der Waals surface area contributed by atoms with Gasteiger partial charge >= 0.3 is 0 Å². The van der Waals surface area contributed by atoms with E-state index in [0.29, 0.717) is 0 Å². The zero-order valence-corrected chi connectivity index (χ0v) is 10.2. The number of nitrogens with two attached hydrogens (primary N) is 1. The number of rotatable bonds is 2. The molecule has 0 saturated carbocycles. The Morgan fingerprint density at radius 2 is 2.29 bits per heavy atom. The van der Waals surface area contributed by atoms with E-state index in [2.05, 4.69) is 14.8 Å². The fourth-order valence-corrected chi connectivity index (χ4v) is 3.01. The van der Waals surface area contributed by atoms with E-state index >= 15 is 0 Å². The molecule has 0 amide bonds. The standard InChI is InChI=1S/C13H20N4/c14-11-3-4-15-12(8-11)9-16-6-7-17-5-1-2-13(17)10-16/h3-4,8,13H,1-2,5-7,9-10H2,(H2,14,15). The number of nitrogen functional groups attached to an aromatic ring is 1. The molecular weight excluding hydrogens is 212 g/mol. The third-order valence-corrected chi connectivity index (χ3v) is 3.90. The monoisotopic (exact) mass is 232 g/mol. The lowest BCUT2D eigenvalue weighted by molar-refractivity contribution is 0.0985. The molecular formula is C13H20N4. The van der Waals surface area contributed by atoms with E-state index in [0.717, 1.165) is 30.5 Å². The summed E-state index contributed by atoms with van der Waals surface area (Å²) < 4.78 is 0. The van der Waals surface area contributed by atoms with Crippen molar-refractivity contribution in [3.63, 3.8) is 0 Å². The van der Waals surface area contributed by atoms with Crippen LogP contribution in [0.1, 0.15) is 18.5 Å². The Balaban J connectivity index is 1.62. The van der Waals surface area contributed by atoms with E-state index in [-0.39, 0.29) is 0 Å². The van der Waals surface area contributed by atoms with E-state index in [1.807, 2.05) is 12.1 Å². The van der Waals surface area contributed by atoms with Crippen LogP contribution in [0.2, 0.25) is 0 Å². The molecule has 1 aromatic heterocycles. The average molecular weight is 232 g/mol. The highest BCUT2D eigenvalue weighted by atomic mass is 15.3. The molecule has 4 heteroatoms. The third-order valence-electron chi connectivity index (χ3n) is 3.90. The van der Waals surface area contributed by atoms with Gasteiger partial charge in [0.15, 0.2) is 0 Å². The molecule has 1 unspecified atom stereocenters. The van der Waals surface area contributed by atoms with Gasteiger partial charge < -0.3 is 5.73 Å². The number of hydrogen-bond donors (Lipinski definition) is 1. The molecule has 2 fully saturated rings. The Morgan fingerprint density at radius 1 is 1.35 bits per heavy atom. The van der Waals surface area contributed by atoms with Gasteiger partial charge in [-0.25, -0.2) is 0 Å². The van der Waals surface area contributed by atoms with Crippen LogP contribution < -0.4 is 5.73 Å². The van der Waals surface area contributed by atoms with Gasteiger partial charge in [-0.1, -0.05) is 0 Å². The summed E-state index contributed by atoms with van der Waals surface area (Å²) in [5, 5.41) is 0. The molecule has 2 aliphatic rings. The van der Waals surface area contributed by atoms with Crippen LogP contribution in [0.15, 0.2) is 18.3 Å². The molecule has 0 spiro atoms. The summed E-state index contributed by atoms with van der Waals surface area (Å²) in [6.45, 7) is 5.81. The second-order valence-corrected chi connectivity index (χ2v) is 5.15. The van der Waals surface area contributed by atoms with Gasteiger partial charge in [-0.05, 0) is 31.5 Å². The number of piperazine rings is 1. The van der Waals surface area contributed by atoms with Gasteiger partial charge in [0.05, 0.1) is 5.69 Å². The number of hydrogen-bond acceptors (Lipinski definition) is 4. The van der Waals surface area contributed by atoms with Crippen molar-refractivity contribution < 1.29 is 0 Å². The number of fused-ring (bicyclic) bond motifs is 1. The number of pyridine rings is 1. The highest BCUT2D eigenvalue weighted by Crippen LogP contribution is 2.22. The van der Waals surface area contributed by atoms with Crippen molar-refractivity contribution in [1.82, 2.24) is 14.8 Å². The molecule has 4 nitrogen and oxygen atoms in total. The van der Waals surface area contributed by atoms with E-state index in [1.165, 1.54) is 32.5 Å². The molecule has 1 atom stereocenters. The van der Waals surface area contributed by atoms with E-state index in [1.54, 1.807) is 6.20 Å². The summed E-state index contributed by atoms with van der Waals surface area (Å²) >= 11 is 0. The summed E-state index contributed by atoms with van der Waals surface area (Å²) in [5.74, 6) is 0. The first-order valence-corrected chi connectivity index (χ1v) is 6.48. The van der Waals surface area contributed by atoms with Gasteiger partial charge in [-0.3, -0.25) is 14.8 Å². The van der Waals surface area contributed by atoms with Crippen molar-refractivity contribution in [1.29, 1.82) is 0 Å². The molecule has 0 bridgehead atoms. The zero-order chi connectivity index (χ0) is 11.7. The van der Waals surface area contributed by atoms with Crippen LogP contribution in [0, 0.1) is 0 Å². The van der Waals surface area contributed by atoms with Gasteiger partial charge in [-0.15, -0.1) is 0 Å². The topological polar surface area (TPSA) is 45.4 Å². The van der Waals surface area contributed by atoms with Crippen molar-refractivity contribution in [2.75, 3.05) is 31.9 Å². The lowest BCUT2D eigenvalue weighted by Gasteiger charge is -2.37. The highest BCUT2D eigenvalue weighted by Gasteiger charge is 2.30. The quantitative estimate of drug-likeness (QED) is 0.824. The van der Waals surface area contributed by atoms with Crippen molar-refractivity contribution in [3.8, 4) is 0 Å². The molecule has 0 aliphatic carbocycles. The molecule has 0 aromatic carbocycles. The Kier molecular flexibility index (Phi) is 2.99.